The number of nitrogens with one attached hydrogen (secondary N) is 2. The lowest BCUT2D eigenvalue weighted by molar-refractivity contribution is 0.119. The highest BCUT2D eigenvalue weighted by atomic mass is 16.5. The fourth-order valence-corrected chi connectivity index (χ4v) is 5.21. The average Bonchev–Trinajstić information content (AvgIpc) is 3.48. The summed E-state index contributed by atoms with van der Waals surface area (Å²) in [5.41, 5.74) is 4.03. The normalized spacial score (nSPS) is 19.7. The Labute approximate surface area is 200 Å². The van der Waals surface area contributed by atoms with Crippen molar-refractivity contribution in [2.75, 3.05) is 31.1 Å². The first-order valence-electron chi connectivity index (χ1n) is 12.3. The van der Waals surface area contributed by atoms with E-state index in [-0.39, 0.29) is 11.6 Å². The predicted molar refractivity (Wildman–Crippen MR) is 132 cm³/mol. The number of hydrogen-bond donors (Lipinski definition) is 2. The number of carbonyl (C=O) groups is 1. The second kappa shape index (κ2) is 8.80. The number of aromatic nitrogens is 2. The molecule has 3 fully saturated rings. The van der Waals surface area contributed by atoms with Crippen LogP contribution in [0.5, 0.6) is 5.75 Å². The Balaban J connectivity index is 1.24. The van der Waals surface area contributed by atoms with Crippen LogP contribution in [0.3, 0.4) is 0 Å². The summed E-state index contributed by atoms with van der Waals surface area (Å²) in [7, 11) is 0. The van der Waals surface area contributed by atoms with Crippen LogP contribution in [0.4, 0.5) is 10.5 Å². The Morgan fingerprint density at radius 2 is 1.88 bits per heavy atom. The van der Waals surface area contributed by atoms with Crippen LogP contribution in [0.15, 0.2) is 60.9 Å². The van der Waals surface area contributed by atoms with Crippen molar-refractivity contribution in [3.63, 3.8) is 0 Å². The van der Waals surface area contributed by atoms with Crippen molar-refractivity contribution in [2.45, 2.75) is 37.8 Å². The molecule has 2 N–H and O–H groups in total. The van der Waals surface area contributed by atoms with Crippen LogP contribution in [0.2, 0.25) is 0 Å². The fourth-order valence-electron chi connectivity index (χ4n) is 5.21. The molecule has 1 aliphatic carbocycles. The third-order valence-corrected chi connectivity index (χ3v) is 7.45. The maximum atomic E-state index is 13.8. The molecule has 2 aromatic carbocycles. The van der Waals surface area contributed by atoms with E-state index in [4.69, 9.17) is 4.74 Å². The number of rotatable bonds is 7. The van der Waals surface area contributed by atoms with E-state index >= 15 is 0 Å². The molecule has 1 saturated carbocycles. The highest BCUT2D eigenvalue weighted by molar-refractivity contribution is 5.95. The number of aromatic amines is 1. The second-order valence-corrected chi connectivity index (χ2v) is 9.86. The zero-order valence-electron chi connectivity index (χ0n) is 19.4. The predicted octanol–water partition coefficient (Wildman–Crippen LogP) is 4.43. The molecule has 7 heteroatoms. The first kappa shape index (κ1) is 21.2. The molecule has 3 aromatic rings. The van der Waals surface area contributed by atoms with Crippen molar-refractivity contribution < 1.29 is 9.53 Å². The molecule has 0 atom stereocenters. The van der Waals surface area contributed by atoms with Crippen molar-refractivity contribution >= 4 is 11.7 Å². The summed E-state index contributed by atoms with van der Waals surface area (Å²) in [6, 6.07) is 16.6. The molecule has 0 radical (unpaired) electrons. The Morgan fingerprint density at radius 3 is 2.62 bits per heavy atom. The van der Waals surface area contributed by atoms with Gasteiger partial charge in [0.05, 0.1) is 24.9 Å². The topological polar surface area (TPSA) is 73.5 Å². The molecule has 0 unspecified atom stereocenters. The third kappa shape index (κ3) is 4.16. The zero-order chi connectivity index (χ0) is 23.0. The van der Waals surface area contributed by atoms with Crippen molar-refractivity contribution in [2.24, 2.45) is 5.92 Å². The largest absolute Gasteiger partial charge is 0.493 e. The van der Waals surface area contributed by atoms with Crippen LogP contribution in [-0.4, -0.2) is 52.9 Å². The van der Waals surface area contributed by atoms with Crippen molar-refractivity contribution in [3.05, 3.63) is 66.5 Å². The molecule has 0 bridgehead atoms. The standard InChI is InChI=1S/C27H31N5O2/c33-26-31(24-8-6-22(7-9-24)23-15-29-30-16-23)19-27(10-12-28-13-11-27)32(26)17-21-2-1-3-25(14-21)34-18-20-4-5-20/h1-3,6-9,14-16,20,28H,4-5,10-13,17-19H2,(H,29,30). The summed E-state index contributed by atoms with van der Waals surface area (Å²) in [5, 5.41) is 10.4. The van der Waals surface area contributed by atoms with Crippen LogP contribution in [0, 0.1) is 5.92 Å². The van der Waals surface area contributed by atoms with E-state index in [0.717, 1.165) is 73.1 Å². The van der Waals surface area contributed by atoms with Gasteiger partial charge in [-0.2, -0.15) is 5.10 Å². The molecule has 3 aliphatic rings. The molecule has 1 aromatic heterocycles. The van der Waals surface area contributed by atoms with Crippen LogP contribution in [0.1, 0.15) is 31.2 Å². The minimum absolute atomic E-state index is 0.0854. The number of benzene rings is 2. The summed E-state index contributed by atoms with van der Waals surface area (Å²) in [6.45, 7) is 3.98. The van der Waals surface area contributed by atoms with Gasteiger partial charge < -0.3 is 15.0 Å². The average molecular weight is 458 g/mol. The molecule has 7 nitrogen and oxygen atoms in total. The second-order valence-electron chi connectivity index (χ2n) is 9.86. The number of urea groups is 1. The van der Waals surface area contributed by atoms with Gasteiger partial charge >= 0.3 is 6.03 Å². The highest BCUT2D eigenvalue weighted by Crippen LogP contribution is 2.39. The number of amides is 2. The van der Waals surface area contributed by atoms with Crippen molar-refractivity contribution in [3.8, 4) is 16.9 Å². The van der Waals surface area contributed by atoms with E-state index < -0.39 is 0 Å². The van der Waals surface area contributed by atoms with E-state index in [0.29, 0.717) is 6.54 Å². The Kier molecular flexibility index (Phi) is 5.49. The first-order chi connectivity index (χ1) is 16.7. The van der Waals surface area contributed by atoms with Gasteiger partial charge in [-0.25, -0.2) is 4.79 Å². The molecule has 1 spiro atoms. The van der Waals surface area contributed by atoms with E-state index in [1.165, 1.54) is 12.8 Å². The number of H-pyrrole nitrogens is 1. The lowest BCUT2D eigenvalue weighted by Gasteiger charge is -2.40. The van der Waals surface area contributed by atoms with Crippen LogP contribution >= 0.6 is 0 Å². The van der Waals surface area contributed by atoms with Gasteiger partial charge in [0, 0.05) is 24.0 Å². The van der Waals surface area contributed by atoms with Gasteiger partial charge in [-0.15, -0.1) is 0 Å². The van der Waals surface area contributed by atoms with Gasteiger partial charge in [-0.1, -0.05) is 24.3 Å². The monoisotopic (exact) mass is 457 g/mol. The number of nitrogens with zero attached hydrogens (tertiary/aromatic N) is 3. The molecule has 6 rings (SSSR count). The summed E-state index contributed by atoms with van der Waals surface area (Å²) in [4.78, 5) is 17.9. The molecular formula is C27H31N5O2. The molecule has 2 amide bonds. The number of piperidine rings is 1. The maximum Gasteiger partial charge on any atom is 0.325 e. The molecule has 3 heterocycles. The Bertz CT molecular complexity index is 1130. The maximum absolute atomic E-state index is 13.8. The number of ether oxygens (including phenoxy) is 1. The first-order valence-corrected chi connectivity index (χ1v) is 12.3. The van der Waals surface area contributed by atoms with Crippen LogP contribution < -0.4 is 15.0 Å². The summed E-state index contributed by atoms with van der Waals surface area (Å²) >= 11 is 0. The SMILES string of the molecule is O=C1N(c2ccc(-c3cn[nH]c3)cc2)CC2(CCNCC2)N1Cc1cccc(OCC2CC2)c1. The number of anilines is 1. The molecular weight excluding hydrogens is 426 g/mol. The molecule has 34 heavy (non-hydrogen) atoms. The third-order valence-electron chi connectivity index (χ3n) is 7.45. The summed E-state index contributed by atoms with van der Waals surface area (Å²) < 4.78 is 6.00. The minimum Gasteiger partial charge on any atom is -0.493 e. The highest BCUT2D eigenvalue weighted by Gasteiger charge is 2.50. The smallest absolute Gasteiger partial charge is 0.325 e. The fraction of sp³-hybridized carbons (Fsp3) is 0.407. The lowest BCUT2D eigenvalue weighted by Crippen LogP contribution is -2.53. The van der Waals surface area contributed by atoms with Crippen LogP contribution in [0.25, 0.3) is 11.1 Å². The van der Waals surface area contributed by atoms with Gasteiger partial charge in [0.2, 0.25) is 0 Å². The minimum atomic E-state index is -0.156. The number of hydrogen-bond acceptors (Lipinski definition) is 4. The van der Waals surface area contributed by atoms with Gasteiger partial charge in [0.1, 0.15) is 5.75 Å². The van der Waals surface area contributed by atoms with Gasteiger partial charge in [0.15, 0.2) is 0 Å². The molecule has 2 aliphatic heterocycles. The van der Waals surface area contributed by atoms with E-state index in [9.17, 15) is 4.79 Å². The Hall–Kier alpha value is -3.32. The van der Waals surface area contributed by atoms with Crippen molar-refractivity contribution in [1.29, 1.82) is 0 Å². The van der Waals surface area contributed by atoms with Crippen molar-refractivity contribution in [1.82, 2.24) is 20.4 Å². The summed E-state index contributed by atoms with van der Waals surface area (Å²) in [6.07, 6.45) is 8.16. The number of carbonyl (C=O) groups excluding carboxylic acids is 1. The lowest BCUT2D eigenvalue weighted by atomic mass is 9.87. The van der Waals surface area contributed by atoms with Gasteiger partial charge in [-0.05, 0) is 80.1 Å². The van der Waals surface area contributed by atoms with Gasteiger partial charge in [0.25, 0.3) is 0 Å². The Morgan fingerprint density at radius 1 is 1.06 bits per heavy atom. The van der Waals surface area contributed by atoms with Crippen LogP contribution in [-0.2, 0) is 6.54 Å². The zero-order valence-corrected chi connectivity index (χ0v) is 19.4. The molecule has 2 saturated heterocycles. The van der Waals surface area contributed by atoms with E-state index in [1.807, 2.05) is 41.6 Å². The quantitative estimate of drug-likeness (QED) is 0.551. The van der Waals surface area contributed by atoms with E-state index in [2.05, 4.69) is 44.7 Å². The summed E-state index contributed by atoms with van der Waals surface area (Å²) in [5.74, 6) is 1.62. The van der Waals surface area contributed by atoms with E-state index in [1.54, 1.807) is 0 Å². The van der Waals surface area contributed by atoms with Gasteiger partial charge in [-0.3, -0.25) is 10.00 Å². The molecule has 176 valence electrons.